The van der Waals surface area contributed by atoms with Gasteiger partial charge in [-0.05, 0) is 29.0 Å². The van der Waals surface area contributed by atoms with Crippen molar-refractivity contribution in [2.75, 3.05) is 24.3 Å². The lowest BCUT2D eigenvalue weighted by molar-refractivity contribution is -0.128. The number of carbonyl (C=O) groups excluding carboxylic acids is 1. The minimum absolute atomic E-state index is 0.0433. The van der Waals surface area contributed by atoms with Crippen LogP contribution in [-0.4, -0.2) is 69.8 Å². The molecule has 0 aliphatic carbocycles. The van der Waals surface area contributed by atoms with E-state index in [-0.39, 0.29) is 29.2 Å². The first-order chi connectivity index (χ1) is 11.5. The molecule has 0 unspecified atom stereocenters. The van der Waals surface area contributed by atoms with Crippen LogP contribution in [0.15, 0.2) is 35.5 Å². The summed E-state index contributed by atoms with van der Waals surface area (Å²) in [5.74, 6) is 0.209. The molecule has 0 saturated carbocycles. The molecule has 1 atom stereocenters. The average Bonchev–Trinajstić information content (AvgIpc) is 3.18. The molecule has 0 N–H and O–H groups in total. The van der Waals surface area contributed by atoms with Crippen LogP contribution in [0.2, 0.25) is 0 Å². The zero-order chi connectivity index (χ0) is 17.2. The highest BCUT2D eigenvalue weighted by Crippen LogP contribution is 2.21. The van der Waals surface area contributed by atoms with Crippen LogP contribution < -0.4 is 0 Å². The first-order valence-corrected chi connectivity index (χ1v) is 10.2. The van der Waals surface area contributed by atoms with E-state index >= 15 is 0 Å². The molecule has 1 aliphatic heterocycles. The van der Waals surface area contributed by atoms with Crippen molar-refractivity contribution in [1.82, 2.24) is 25.1 Å². The Kier molecular flexibility index (Phi) is 4.86. The third-order valence-electron chi connectivity index (χ3n) is 3.92. The van der Waals surface area contributed by atoms with Crippen LogP contribution >= 0.6 is 11.8 Å². The number of hydrogen-bond donors (Lipinski definition) is 0. The predicted molar refractivity (Wildman–Crippen MR) is 89.7 cm³/mol. The van der Waals surface area contributed by atoms with E-state index in [9.17, 15) is 13.2 Å². The van der Waals surface area contributed by atoms with Gasteiger partial charge in [-0.15, -0.1) is 5.10 Å². The van der Waals surface area contributed by atoms with Crippen molar-refractivity contribution < 1.29 is 13.2 Å². The molecule has 1 saturated heterocycles. The number of thioether (sulfide) groups is 1. The number of carbonyl (C=O) groups is 1. The lowest BCUT2D eigenvalue weighted by Crippen LogP contribution is -2.38. The molecule has 2 aromatic rings. The van der Waals surface area contributed by atoms with E-state index in [0.29, 0.717) is 11.6 Å². The topological polar surface area (TPSA) is 98.1 Å². The number of hydrogen-bond acceptors (Lipinski definition) is 7. The molecule has 0 bridgehead atoms. The average molecular weight is 367 g/mol. The van der Waals surface area contributed by atoms with E-state index in [1.54, 1.807) is 11.7 Å². The van der Waals surface area contributed by atoms with Gasteiger partial charge < -0.3 is 4.90 Å². The SMILES string of the molecule is CN(C(=O)CSc1nnnn1-c1ccccc1)[C@@H]1CCS(=O)(=O)C1. The van der Waals surface area contributed by atoms with Crippen LogP contribution in [0.25, 0.3) is 5.69 Å². The highest BCUT2D eigenvalue weighted by atomic mass is 32.2. The summed E-state index contributed by atoms with van der Waals surface area (Å²) in [5.41, 5.74) is 0.813. The Balaban J connectivity index is 1.62. The van der Waals surface area contributed by atoms with E-state index in [1.807, 2.05) is 30.3 Å². The maximum atomic E-state index is 12.3. The Morgan fingerprint density at radius 1 is 1.38 bits per heavy atom. The molecular formula is C14H17N5O3S2. The second kappa shape index (κ2) is 6.89. The Bertz CT molecular complexity index is 822. The van der Waals surface area contributed by atoms with E-state index in [0.717, 1.165) is 5.69 Å². The number of tetrazole rings is 1. The molecule has 2 heterocycles. The van der Waals surface area contributed by atoms with Crippen molar-refractivity contribution in [1.29, 1.82) is 0 Å². The number of benzene rings is 1. The van der Waals surface area contributed by atoms with Crippen molar-refractivity contribution in [3.63, 3.8) is 0 Å². The highest BCUT2D eigenvalue weighted by molar-refractivity contribution is 7.99. The van der Waals surface area contributed by atoms with E-state index < -0.39 is 9.84 Å². The number of amides is 1. The lowest BCUT2D eigenvalue weighted by atomic mass is 10.2. The molecule has 1 amide bonds. The Labute approximate surface area is 144 Å². The van der Waals surface area contributed by atoms with Crippen molar-refractivity contribution in [2.45, 2.75) is 17.6 Å². The first kappa shape index (κ1) is 16.9. The Morgan fingerprint density at radius 3 is 2.79 bits per heavy atom. The van der Waals surface area contributed by atoms with Gasteiger partial charge in [0.05, 0.1) is 22.9 Å². The van der Waals surface area contributed by atoms with Gasteiger partial charge in [-0.2, -0.15) is 4.68 Å². The molecule has 1 aliphatic rings. The van der Waals surface area contributed by atoms with Crippen LogP contribution in [0.4, 0.5) is 0 Å². The monoisotopic (exact) mass is 367 g/mol. The summed E-state index contributed by atoms with van der Waals surface area (Å²) in [6, 6.07) is 9.16. The van der Waals surface area contributed by atoms with Crippen LogP contribution in [0.1, 0.15) is 6.42 Å². The van der Waals surface area contributed by atoms with Gasteiger partial charge in [-0.3, -0.25) is 4.79 Å². The summed E-state index contributed by atoms with van der Waals surface area (Å²) >= 11 is 1.23. The molecule has 0 spiro atoms. The summed E-state index contributed by atoms with van der Waals surface area (Å²) in [4.78, 5) is 13.8. The van der Waals surface area contributed by atoms with Crippen LogP contribution in [-0.2, 0) is 14.6 Å². The van der Waals surface area contributed by atoms with E-state index in [4.69, 9.17) is 0 Å². The van der Waals surface area contributed by atoms with Crippen molar-refractivity contribution >= 4 is 27.5 Å². The second-order valence-electron chi connectivity index (χ2n) is 5.56. The van der Waals surface area contributed by atoms with Crippen molar-refractivity contribution in [2.24, 2.45) is 0 Å². The van der Waals surface area contributed by atoms with Crippen molar-refractivity contribution in [3.8, 4) is 5.69 Å². The van der Waals surface area contributed by atoms with E-state index in [1.165, 1.54) is 16.7 Å². The molecule has 3 rings (SSSR count). The molecule has 128 valence electrons. The van der Waals surface area contributed by atoms with Gasteiger partial charge in [0, 0.05) is 13.1 Å². The molecule has 10 heteroatoms. The maximum absolute atomic E-state index is 12.3. The molecule has 1 aromatic heterocycles. The minimum atomic E-state index is -3.01. The van der Waals surface area contributed by atoms with Crippen LogP contribution in [0, 0.1) is 0 Å². The molecule has 8 nitrogen and oxygen atoms in total. The van der Waals surface area contributed by atoms with E-state index in [2.05, 4.69) is 15.5 Å². The minimum Gasteiger partial charge on any atom is -0.341 e. The van der Waals surface area contributed by atoms with Gasteiger partial charge in [-0.1, -0.05) is 30.0 Å². The Morgan fingerprint density at radius 2 is 2.12 bits per heavy atom. The highest BCUT2D eigenvalue weighted by Gasteiger charge is 2.32. The van der Waals surface area contributed by atoms with Gasteiger partial charge in [0.25, 0.3) is 0 Å². The third kappa shape index (κ3) is 3.75. The molecular weight excluding hydrogens is 350 g/mol. The zero-order valence-electron chi connectivity index (χ0n) is 13.1. The summed E-state index contributed by atoms with van der Waals surface area (Å²) < 4.78 is 24.6. The normalized spacial score (nSPS) is 19.3. The summed E-state index contributed by atoms with van der Waals surface area (Å²) in [6.45, 7) is 0. The number of nitrogens with zero attached hydrogens (tertiary/aromatic N) is 5. The summed E-state index contributed by atoms with van der Waals surface area (Å²) in [7, 11) is -1.36. The quantitative estimate of drug-likeness (QED) is 0.706. The van der Waals surface area contributed by atoms with Gasteiger partial charge >= 0.3 is 0 Å². The lowest BCUT2D eigenvalue weighted by Gasteiger charge is -2.23. The van der Waals surface area contributed by atoms with Gasteiger partial charge in [0.1, 0.15) is 0 Å². The number of sulfone groups is 1. The van der Waals surface area contributed by atoms with Gasteiger partial charge in [0.2, 0.25) is 11.1 Å². The van der Waals surface area contributed by atoms with Crippen LogP contribution in [0.5, 0.6) is 0 Å². The summed E-state index contributed by atoms with van der Waals surface area (Å²) in [6.07, 6.45) is 0.497. The van der Waals surface area contributed by atoms with Gasteiger partial charge in [0.15, 0.2) is 9.84 Å². The number of rotatable bonds is 5. The molecule has 1 aromatic carbocycles. The van der Waals surface area contributed by atoms with Crippen molar-refractivity contribution in [3.05, 3.63) is 30.3 Å². The second-order valence-corrected chi connectivity index (χ2v) is 8.73. The number of aromatic nitrogens is 4. The first-order valence-electron chi connectivity index (χ1n) is 7.39. The fourth-order valence-electron chi connectivity index (χ4n) is 2.51. The fraction of sp³-hybridized carbons (Fsp3) is 0.429. The standard InChI is InChI=1S/C14H17N5O3S2/c1-18(12-7-8-24(21,22)10-12)13(20)9-23-14-15-16-17-19(14)11-5-3-2-4-6-11/h2-6,12H,7-10H2,1H3/t12-/m1/s1. The molecule has 24 heavy (non-hydrogen) atoms. The largest absolute Gasteiger partial charge is 0.341 e. The smallest absolute Gasteiger partial charge is 0.233 e. The molecule has 0 radical (unpaired) electrons. The fourth-order valence-corrected chi connectivity index (χ4v) is 5.10. The third-order valence-corrected chi connectivity index (χ3v) is 6.57. The maximum Gasteiger partial charge on any atom is 0.233 e. The predicted octanol–water partition coefficient (Wildman–Crippen LogP) is 0.400. The molecule has 1 fully saturated rings. The van der Waals surface area contributed by atoms with Crippen LogP contribution in [0.3, 0.4) is 0 Å². The zero-order valence-corrected chi connectivity index (χ0v) is 14.7. The number of para-hydroxylation sites is 1. The van der Waals surface area contributed by atoms with Gasteiger partial charge in [-0.25, -0.2) is 8.42 Å². The Hall–Kier alpha value is -1.94. The summed E-state index contributed by atoms with van der Waals surface area (Å²) in [5, 5.41) is 12.1.